The third-order valence-electron chi connectivity index (χ3n) is 2.33. The Morgan fingerprint density at radius 3 is 2.93 bits per heavy atom. The molecule has 0 bridgehead atoms. The third kappa shape index (κ3) is 1.66. The standard InChI is InChI=1S/C10H8Cl2O3/c1-14-10(13)5-4-15-7-3-2-6(11)9(12)8(5)7/h2-3,5H,4H2,1H3. The van der Waals surface area contributed by atoms with E-state index in [-0.39, 0.29) is 12.6 Å². The zero-order chi connectivity index (χ0) is 11.0. The molecular formula is C10H8Cl2O3. The van der Waals surface area contributed by atoms with E-state index in [9.17, 15) is 4.79 Å². The van der Waals surface area contributed by atoms with Crippen LogP contribution in [0.5, 0.6) is 5.75 Å². The highest BCUT2D eigenvalue weighted by atomic mass is 35.5. The lowest BCUT2D eigenvalue weighted by atomic mass is 10.0. The zero-order valence-corrected chi connectivity index (χ0v) is 9.43. The van der Waals surface area contributed by atoms with Crippen LogP contribution in [0.3, 0.4) is 0 Å². The largest absolute Gasteiger partial charge is 0.492 e. The van der Waals surface area contributed by atoms with Gasteiger partial charge in [-0.1, -0.05) is 23.2 Å². The van der Waals surface area contributed by atoms with Crippen LogP contribution in [0.4, 0.5) is 0 Å². The molecule has 0 N–H and O–H groups in total. The van der Waals surface area contributed by atoms with Crippen LogP contribution < -0.4 is 4.74 Å². The molecule has 1 heterocycles. The minimum atomic E-state index is -0.476. The summed E-state index contributed by atoms with van der Waals surface area (Å²) in [6.45, 7) is 0.252. The van der Waals surface area contributed by atoms with Gasteiger partial charge in [0.05, 0.1) is 17.2 Å². The van der Waals surface area contributed by atoms with Crippen LogP contribution in [0, 0.1) is 0 Å². The molecular weight excluding hydrogens is 239 g/mol. The van der Waals surface area contributed by atoms with Crippen molar-refractivity contribution in [2.24, 2.45) is 0 Å². The van der Waals surface area contributed by atoms with Crippen LogP contribution in [0.1, 0.15) is 11.5 Å². The molecule has 0 radical (unpaired) electrons. The lowest BCUT2D eigenvalue weighted by Gasteiger charge is -2.08. The number of esters is 1. The maximum atomic E-state index is 11.4. The molecule has 15 heavy (non-hydrogen) atoms. The second kappa shape index (κ2) is 3.91. The second-order valence-corrected chi connectivity index (χ2v) is 3.95. The summed E-state index contributed by atoms with van der Waals surface area (Å²) in [4.78, 5) is 11.4. The number of carbonyl (C=O) groups is 1. The van der Waals surface area contributed by atoms with Crippen LogP contribution in [-0.4, -0.2) is 19.7 Å². The molecule has 5 heteroatoms. The molecule has 0 saturated carbocycles. The average molecular weight is 247 g/mol. The van der Waals surface area contributed by atoms with Crippen LogP contribution >= 0.6 is 23.2 Å². The molecule has 0 aliphatic carbocycles. The molecule has 1 aliphatic heterocycles. The zero-order valence-electron chi connectivity index (χ0n) is 7.92. The second-order valence-electron chi connectivity index (χ2n) is 3.16. The Balaban J connectivity index is 2.49. The molecule has 80 valence electrons. The van der Waals surface area contributed by atoms with E-state index in [4.69, 9.17) is 27.9 Å². The van der Waals surface area contributed by atoms with E-state index in [2.05, 4.69) is 4.74 Å². The van der Waals surface area contributed by atoms with E-state index in [1.54, 1.807) is 12.1 Å². The molecule has 1 unspecified atom stereocenters. The lowest BCUT2D eigenvalue weighted by molar-refractivity contribution is -0.142. The van der Waals surface area contributed by atoms with Crippen molar-refractivity contribution in [3.8, 4) is 5.75 Å². The van der Waals surface area contributed by atoms with Gasteiger partial charge >= 0.3 is 5.97 Å². The summed E-state index contributed by atoms with van der Waals surface area (Å²) in [6, 6.07) is 3.34. The van der Waals surface area contributed by atoms with Crippen LogP contribution in [0.2, 0.25) is 10.0 Å². The topological polar surface area (TPSA) is 35.5 Å². The van der Waals surface area contributed by atoms with E-state index in [1.807, 2.05) is 0 Å². The number of rotatable bonds is 1. The minimum Gasteiger partial charge on any atom is -0.492 e. The number of hydrogen-bond donors (Lipinski definition) is 0. The Morgan fingerprint density at radius 1 is 1.53 bits per heavy atom. The highest BCUT2D eigenvalue weighted by Gasteiger charge is 2.34. The summed E-state index contributed by atoms with van der Waals surface area (Å²) in [5.41, 5.74) is 0.621. The van der Waals surface area contributed by atoms with Crippen LogP contribution in [-0.2, 0) is 9.53 Å². The highest BCUT2D eigenvalue weighted by molar-refractivity contribution is 6.42. The molecule has 1 aromatic rings. The van der Waals surface area contributed by atoms with Gasteiger partial charge in [0.25, 0.3) is 0 Å². The first kappa shape index (κ1) is 10.6. The molecule has 0 spiro atoms. The molecule has 0 aromatic heterocycles. The Bertz CT molecular complexity index is 417. The van der Waals surface area contributed by atoms with Crippen molar-refractivity contribution in [2.75, 3.05) is 13.7 Å². The average Bonchev–Trinajstić information content (AvgIpc) is 2.67. The maximum Gasteiger partial charge on any atom is 0.316 e. The fourth-order valence-electron chi connectivity index (χ4n) is 1.58. The summed E-state index contributed by atoms with van der Waals surface area (Å²) < 4.78 is 9.99. The van der Waals surface area contributed by atoms with Gasteiger partial charge in [-0.25, -0.2) is 0 Å². The van der Waals surface area contributed by atoms with Crippen LogP contribution in [0.15, 0.2) is 12.1 Å². The van der Waals surface area contributed by atoms with Gasteiger partial charge in [-0.05, 0) is 12.1 Å². The Labute approximate surface area is 96.9 Å². The fraction of sp³-hybridized carbons (Fsp3) is 0.300. The number of ether oxygens (including phenoxy) is 2. The highest BCUT2D eigenvalue weighted by Crippen LogP contribution is 2.42. The van der Waals surface area contributed by atoms with Gasteiger partial charge in [0, 0.05) is 5.56 Å². The van der Waals surface area contributed by atoms with Crippen molar-refractivity contribution in [1.29, 1.82) is 0 Å². The molecule has 1 atom stereocenters. The van der Waals surface area contributed by atoms with Gasteiger partial charge in [0.2, 0.25) is 0 Å². The molecule has 3 nitrogen and oxygen atoms in total. The van der Waals surface area contributed by atoms with Crippen molar-refractivity contribution in [3.05, 3.63) is 27.7 Å². The van der Waals surface area contributed by atoms with Crippen LogP contribution in [0.25, 0.3) is 0 Å². The molecule has 0 fully saturated rings. The quantitative estimate of drug-likeness (QED) is 0.715. The monoisotopic (exact) mass is 246 g/mol. The van der Waals surface area contributed by atoms with Crippen molar-refractivity contribution in [2.45, 2.75) is 5.92 Å². The van der Waals surface area contributed by atoms with E-state index >= 15 is 0 Å². The number of methoxy groups -OCH3 is 1. The van der Waals surface area contributed by atoms with E-state index in [0.717, 1.165) is 0 Å². The van der Waals surface area contributed by atoms with Crippen molar-refractivity contribution >= 4 is 29.2 Å². The van der Waals surface area contributed by atoms with E-state index < -0.39 is 5.92 Å². The number of benzene rings is 1. The summed E-state index contributed by atoms with van der Waals surface area (Å²) in [5.74, 6) is -0.242. The Hall–Kier alpha value is -0.930. The van der Waals surface area contributed by atoms with Crippen molar-refractivity contribution in [1.82, 2.24) is 0 Å². The van der Waals surface area contributed by atoms with Gasteiger partial charge in [-0.2, -0.15) is 0 Å². The first-order chi connectivity index (χ1) is 7.15. The SMILES string of the molecule is COC(=O)C1COc2ccc(Cl)c(Cl)c21. The lowest BCUT2D eigenvalue weighted by Crippen LogP contribution is -2.15. The summed E-state index contributed by atoms with van der Waals surface area (Å²) in [5, 5.41) is 0.775. The van der Waals surface area contributed by atoms with E-state index in [1.165, 1.54) is 7.11 Å². The van der Waals surface area contributed by atoms with Gasteiger partial charge in [0.1, 0.15) is 18.3 Å². The summed E-state index contributed by atoms with van der Waals surface area (Å²) >= 11 is 11.9. The maximum absolute atomic E-state index is 11.4. The molecule has 0 saturated heterocycles. The Kier molecular flexibility index (Phi) is 2.76. The van der Waals surface area contributed by atoms with Gasteiger partial charge in [-0.3, -0.25) is 4.79 Å². The third-order valence-corrected chi connectivity index (χ3v) is 3.15. The van der Waals surface area contributed by atoms with Gasteiger partial charge < -0.3 is 9.47 Å². The Morgan fingerprint density at radius 2 is 2.27 bits per heavy atom. The van der Waals surface area contributed by atoms with Gasteiger partial charge in [0.15, 0.2) is 0 Å². The minimum absolute atomic E-state index is 0.252. The number of fused-ring (bicyclic) bond motifs is 1. The number of hydrogen-bond acceptors (Lipinski definition) is 3. The van der Waals surface area contributed by atoms with Gasteiger partial charge in [-0.15, -0.1) is 0 Å². The number of carbonyl (C=O) groups excluding carboxylic acids is 1. The molecule has 1 aliphatic rings. The first-order valence-electron chi connectivity index (χ1n) is 4.33. The summed E-state index contributed by atoms with van der Waals surface area (Å²) in [7, 11) is 1.33. The molecule has 0 amide bonds. The fourth-order valence-corrected chi connectivity index (χ4v) is 2.04. The molecule has 1 aromatic carbocycles. The van der Waals surface area contributed by atoms with Crippen molar-refractivity contribution < 1.29 is 14.3 Å². The first-order valence-corrected chi connectivity index (χ1v) is 5.09. The summed E-state index contributed by atoms with van der Waals surface area (Å²) in [6.07, 6.45) is 0. The smallest absolute Gasteiger partial charge is 0.316 e. The van der Waals surface area contributed by atoms with E-state index in [0.29, 0.717) is 21.4 Å². The predicted molar refractivity (Wildman–Crippen MR) is 56.7 cm³/mol. The van der Waals surface area contributed by atoms with Crippen molar-refractivity contribution in [3.63, 3.8) is 0 Å². The molecule has 2 rings (SSSR count). The predicted octanol–water partition coefficient (Wildman–Crippen LogP) is 2.64. The normalized spacial score (nSPS) is 18.2. The number of halogens is 2.